The minimum absolute atomic E-state index is 0.0794. The quantitative estimate of drug-likeness (QED) is 0.919. The average molecular weight is 309 g/mol. The summed E-state index contributed by atoms with van der Waals surface area (Å²) in [6.45, 7) is 1.81. The largest absolute Gasteiger partial charge is 0.329 e. The van der Waals surface area contributed by atoms with Gasteiger partial charge >= 0.3 is 0 Å². The highest BCUT2D eigenvalue weighted by molar-refractivity contribution is 7.91. The highest BCUT2D eigenvalue weighted by Gasteiger charge is 2.25. The molecule has 2 heterocycles. The molecule has 0 radical (unpaired) electrons. The summed E-state index contributed by atoms with van der Waals surface area (Å²) in [5, 5.41) is 0. The topological polar surface area (TPSA) is 63.4 Å². The third-order valence-corrected chi connectivity index (χ3v) is 6.22. The van der Waals surface area contributed by atoms with Gasteiger partial charge in [0.1, 0.15) is 0 Å². The van der Waals surface area contributed by atoms with Gasteiger partial charge in [-0.15, -0.1) is 11.3 Å². The molecule has 0 aromatic carbocycles. The van der Waals surface area contributed by atoms with Gasteiger partial charge in [0.25, 0.3) is 0 Å². The normalized spacial score (nSPS) is 22.6. The second-order valence-electron chi connectivity index (χ2n) is 4.43. The molecule has 0 spiro atoms. The van der Waals surface area contributed by atoms with E-state index >= 15 is 0 Å². The van der Waals surface area contributed by atoms with Crippen molar-refractivity contribution in [3.8, 4) is 0 Å². The Balaban J connectivity index is 2.13. The van der Waals surface area contributed by atoms with Gasteiger partial charge in [-0.1, -0.05) is 11.6 Å². The Morgan fingerprint density at radius 2 is 2.17 bits per heavy atom. The molecule has 0 bridgehead atoms. The first kappa shape index (κ1) is 14.3. The molecule has 0 amide bonds. The Kier molecular flexibility index (Phi) is 4.66. The van der Waals surface area contributed by atoms with Crippen molar-refractivity contribution in [1.82, 2.24) is 4.90 Å². The summed E-state index contributed by atoms with van der Waals surface area (Å²) in [7, 11) is -2.88. The van der Waals surface area contributed by atoms with Gasteiger partial charge in [0, 0.05) is 18.0 Å². The molecule has 1 aliphatic rings. The highest BCUT2D eigenvalue weighted by atomic mass is 35.5. The number of thiophene rings is 1. The van der Waals surface area contributed by atoms with Crippen LogP contribution >= 0.6 is 22.9 Å². The molecule has 1 saturated heterocycles. The maximum Gasteiger partial charge on any atom is 0.151 e. The molecule has 2 rings (SSSR count). The van der Waals surface area contributed by atoms with Crippen molar-refractivity contribution in [3.05, 3.63) is 21.3 Å². The molecule has 0 saturated carbocycles. The standard InChI is InChI=1S/C11H17ClN2O2S2/c12-11-3-2-10(17-11)9(8-13)14-4-1-6-18(15,16)7-5-14/h2-3,9H,1,4-8,13H2. The molecule has 0 aliphatic carbocycles. The molecule has 18 heavy (non-hydrogen) atoms. The van der Waals surface area contributed by atoms with Crippen LogP contribution in [-0.4, -0.2) is 44.5 Å². The second-order valence-corrected chi connectivity index (χ2v) is 8.49. The van der Waals surface area contributed by atoms with Crippen molar-refractivity contribution in [2.45, 2.75) is 12.5 Å². The third-order valence-electron chi connectivity index (χ3n) is 3.18. The van der Waals surface area contributed by atoms with Gasteiger partial charge in [-0.05, 0) is 25.1 Å². The molecule has 1 aromatic heterocycles. The minimum Gasteiger partial charge on any atom is -0.329 e. The van der Waals surface area contributed by atoms with Crippen molar-refractivity contribution in [2.75, 3.05) is 31.1 Å². The fraction of sp³-hybridized carbons (Fsp3) is 0.636. The lowest BCUT2D eigenvalue weighted by molar-refractivity contribution is 0.221. The molecule has 1 atom stereocenters. The lowest BCUT2D eigenvalue weighted by atomic mass is 10.2. The van der Waals surface area contributed by atoms with E-state index in [0.717, 1.165) is 15.8 Å². The van der Waals surface area contributed by atoms with Crippen LogP contribution in [0, 0.1) is 0 Å². The van der Waals surface area contributed by atoms with Crippen LogP contribution in [0.25, 0.3) is 0 Å². The summed E-state index contributed by atoms with van der Waals surface area (Å²) >= 11 is 7.46. The van der Waals surface area contributed by atoms with Crippen LogP contribution in [0.5, 0.6) is 0 Å². The SMILES string of the molecule is NCC(c1ccc(Cl)s1)N1CCCS(=O)(=O)CC1. The van der Waals surface area contributed by atoms with Gasteiger partial charge < -0.3 is 5.73 Å². The summed E-state index contributed by atoms with van der Waals surface area (Å²) in [5.74, 6) is 0.509. The van der Waals surface area contributed by atoms with Crippen molar-refractivity contribution in [1.29, 1.82) is 0 Å². The number of nitrogens with zero attached hydrogens (tertiary/aromatic N) is 1. The third kappa shape index (κ3) is 3.45. The van der Waals surface area contributed by atoms with Crippen LogP contribution in [0.3, 0.4) is 0 Å². The smallest absolute Gasteiger partial charge is 0.151 e. The molecule has 1 unspecified atom stereocenters. The van der Waals surface area contributed by atoms with Crippen molar-refractivity contribution in [2.24, 2.45) is 5.73 Å². The van der Waals surface area contributed by atoms with Crippen LogP contribution in [0.1, 0.15) is 17.3 Å². The van der Waals surface area contributed by atoms with Crippen molar-refractivity contribution >= 4 is 32.8 Å². The van der Waals surface area contributed by atoms with E-state index in [-0.39, 0.29) is 17.5 Å². The summed E-state index contributed by atoms with van der Waals surface area (Å²) in [6, 6.07) is 3.92. The first-order valence-corrected chi connectivity index (χ1v) is 8.93. The zero-order valence-corrected chi connectivity index (χ0v) is 12.4. The molecule has 2 N–H and O–H groups in total. The van der Waals surface area contributed by atoms with Crippen LogP contribution < -0.4 is 5.73 Å². The summed E-state index contributed by atoms with van der Waals surface area (Å²) < 4.78 is 23.9. The van der Waals surface area contributed by atoms with Gasteiger partial charge in [-0.3, -0.25) is 4.90 Å². The van der Waals surface area contributed by atoms with Gasteiger partial charge in [0.2, 0.25) is 0 Å². The predicted molar refractivity (Wildman–Crippen MR) is 76.0 cm³/mol. The lowest BCUT2D eigenvalue weighted by Crippen LogP contribution is -2.35. The van der Waals surface area contributed by atoms with Crippen LogP contribution in [0.4, 0.5) is 0 Å². The first-order valence-electron chi connectivity index (χ1n) is 5.91. The molecule has 1 fully saturated rings. The van der Waals surface area contributed by atoms with Crippen LogP contribution in [-0.2, 0) is 9.84 Å². The average Bonchev–Trinajstić information content (AvgIpc) is 2.64. The summed E-state index contributed by atoms with van der Waals surface area (Å²) in [6.07, 6.45) is 0.679. The van der Waals surface area contributed by atoms with E-state index in [1.807, 2.05) is 12.1 Å². The zero-order valence-electron chi connectivity index (χ0n) is 10.0. The van der Waals surface area contributed by atoms with Crippen molar-refractivity contribution < 1.29 is 8.42 Å². The van der Waals surface area contributed by atoms with Crippen LogP contribution in [0.15, 0.2) is 12.1 Å². The number of hydrogen-bond acceptors (Lipinski definition) is 5. The predicted octanol–water partition coefficient (Wildman–Crippen LogP) is 1.52. The van der Waals surface area contributed by atoms with Gasteiger partial charge in [-0.25, -0.2) is 8.42 Å². The maximum atomic E-state index is 11.6. The van der Waals surface area contributed by atoms with Crippen molar-refractivity contribution in [3.63, 3.8) is 0 Å². The van der Waals surface area contributed by atoms with E-state index in [9.17, 15) is 8.42 Å². The van der Waals surface area contributed by atoms with E-state index in [2.05, 4.69) is 4.90 Å². The highest BCUT2D eigenvalue weighted by Crippen LogP contribution is 2.30. The second kappa shape index (κ2) is 5.88. The first-order chi connectivity index (χ1) is 8.52. The van der Waals surface area contributed by atoms with E-state index in [1.54, 1.807) is 0 Å². The number of nitrogens with two attached hydrogens (primary N) is 1. The Labute approximate surface area is 117 Å². The van der Waals surface area contributed by atoms with Gasteiger partial charge in [0.15, 0.2) is 9.84 Å². The number of hydrogen-bond donors (Lipinski definition) is 1. The fourth-order valence-corrected chi connectivity index (χ4v) is 4.72. The van der Waals surface area contributed by atoms with E-state index in [4.69, 9.17) is 17.3 Å². The van der Waals surface area contributed by atoms with E-state index in [1.165, 1.54) is 11.3 Å². The molecule has 1 aliphatic heterocycles. The fourth-order valence-electron chi connectivity index (χ4n) is 2.22. The number of sulfone groups is 1. The lowest BCUT2D eigenvalue weighted by Gasteiger charge is -2.28. The van der Waals surface area contributed by atoms with Gasteiger partial charge in [0.05, 0.1) is 21.9 Å². The molecular formula is C11H17ClN2O2S2. The monoisotopic (exact) mass is 308 g/mol. The zero-order chi connectivity index (χ0) is 13.2. The maximum absolute atomic E-state index is 11.6. The van der Waals surface area contributed by atoms with E-state index in [0.29, 0.717) is 19.5 Å². The molecule has 7 heteroatoms. The summed E-state index contributed by atoms with van der Waals surface area (Å²) in [5.41, 5.74) is 5.84. The van der Waals surface area contributed by atoms with E-state index < -0.39 is 9.84 Å². The van der Waals surface area contributed by atoms with Crippen LogP contribution in [0.2, 0.25) is 4.34 Å². The Morgan fingerprint density at radius 3 is 2.78 bits per heavy atom. The molecule has 4 nitrogen and oxygen atoms in total. The summed E-state index contributed by atoms with van der Waals surface area (Å²) in [4.78, 5) is 3.27. The number of halogens is 1. The molecule has 1 aromatic rings. The Hall–Kier alpha value is -0.140. The van der Waals surface area contributed by atoms with Gasteiger partial charge in [-0.2, -0.15) is 0 Å². The molecular weight excluding hydrogens is 292 g/mol. The Bertz CT molecular complexity index is 501. The Morgan fingerprint density at radius 1 is 1.39 bits per heavy atom. The minimum atomic E-state index is -2.88. The number of rotatable bonds is 3. The molecule has 102 valence electrons.